The molecular formula is C17H25ClN4O5S. The molecule has 1 aliphatic heterocycles. The van der Waals surface area contributed by atoms with Crippen molar-refractivity contribution in [2.45, 2.75) is 30.6 Å². The summed E-state index contributed by atoms with van der Waals surface area (Å²) >= 11 is 0. The monoisotopic (exact) mass is 432 g/mol. The molecule has 3 rings (SSSR count). The quantitative estimate of drug-likeness (QED) is 0.337. The number of nitrogens with zero attached hydrogens (tertiary/aromatic N) is 1. The summed E-state index contributed by atoms with van der Waals surface area (Å²) in [6.07, 6.45) is 4.10. The van der Waals surface area contributed by atoms with E-state index in [9.17, 15) is 23.3 Å². The summed E-state index contributed by atoms with van der Waals surface area (Å²) in [5.74, 6) is 0.342. The fourth-order valence-electron chi connectivity index (χ4n) is 4.06. The Labute approximate surface area is 170 Å². The van der Waals surface area contributed by atoms with Crippen LogP contribution in [0.5, 0.6) is 0 Å². The van der Waals surface area contributed by atoms with Gasteiger partial charge in [-0.25, -0.2) is 13.1 Å². The molecule has 2 aliphatic rings. The highest BCUT2D eigenvalue weighted by atomic mass is 35.5. The van der Waals surface area contributed by atoms with Gasteiger partial charge in [0.25, 0.3) is 5.69 Å². The molecule has 1 aliphatic carbocycles. The number of amides is 1. The van der Waals surface area contributed by atoms with Gasteiger partial charge in [-0.1, -0.05) is 12.8 Å². The van der Waals surface area contributed by atoms with Crippen LogP contribution in [0.15, 0.2) is 29.2 Å². The highest BCUT2D eigenvalue weighted by molar-refractivity contribution is 7.89. The molecule has 2 fully saturated rings. The second kappa shape index (κ2) is 9.17. The van der Waals surface area contributed by atoms with Gasteiger partial charge in [-0.15, -0.1) is 12.4 Å². The van der Waals surface area contributed by atoms with Gasteiger partial charge in [-0.2, -0.15) is 0 Å². The lowest BCUT2D eigenvalue weighted by atomic mass is 9.67. The Hall–Kier alpha value is -1.75. The number of fused-ring (bicyclic) bond motifs is 1. The fraction of sp³-hybridized carbons (Fsp3) is 0.588. The third-order valence-electron chi connectivity index (χ3n) is 5.55. The molecular weight excluding hydrogens is 408 g/mol. The maximum atomic E-state index is 12.7. The van der Waals surface area contributed by atoms with Crippen LogP contribution in [0.3, 0.4) is 0 Å². The second-order valence-electron chi connectivity index (χ2n) is 7.13. The average molecular weight is 433 g/mol. The Kier molecular flexibility index (Phi) is 7.38. The van der Waals surface area contributed by atoms with Crippen LogP contribution in [0.4, 0.5) is 5.69 Å². The van der Waals surface area contributed by atoms with Crippen LogP contribution in [0.1, 0.15) is 25.7 Å². The first kappa shape index (κ1) is 22.5. The van der Waals surface area contributed by atoms with Gasteiger partial charge in [0, 0.05) is 31.8 Å². The lowest BCUT2D eigenvalue weighted by Gasteiger charge is -2.37. The number of nitro benzene ring substituents is 1. The van der Waals surface area contributed by atoms with Gasteiger partial charge in [0.15, 0.2) is 0 Å². The molecule has 156 valence electrons. The molecule has 9 nitrogen and oxygen atoms in total. The topological polar surface area (TPSA) is 130 Å². The van der Waals surface area contributed by atoms with Crippen molar-refractivity contribution in [3.8, 4) is 0 Å². The number of carbonyl (C=O) groups is 1. The normalized spacial score (nSPS) is 24.1. The minimum Gasteiger partial charge on any atom is -0.354 e. The maximum Gasteiger partial charge on any atom is 0.269 e. The van der Waals surface area contributed by atoms with Crippen LogP contribution < -0.4 is 15.4 Å². The number of rotatable bonds is 7. The van der Waals surface area contributed by atoms with E-state index >= 15 is 0 Å². The largest absolute Gasteiger partial charge is 0.354 e. The van der Waals surface area contributed by atoms with Gasteiger partial charge >= 0.3 is 0 Å². The van der Waals surface area contributed by atoms with E-state index in [-0.39, 0.29) is 47.4 Å². The number of halogens is 1. The molecule has 28 heavy (non-hydrogen) atoms. The number of nitro groups is 1. The third-order valence-corrected chi connectivity index (χ3v) is 7.03. The standard InChI is InChI=1S/C17H24N4O5S.ClH/c22-16(17-8-2-1-3-13(17)11-18-12-17)19-9-10-20-27(25,26)15-6-4-14(5-7-15)21(23)24;/h4-7,13,18,20H,1-3,8-12H2,(H,19,22);1H/t13-,17+;/m0./s1. The fourth-order valence-corrected chi connectivity index (χ4v) is 5.09. The number of hydrogen-bond donors (Lipinski definition) is 3. The van der Waals surface area contributed by atoms with Crippen molar-refractivity contribution in [2.75, 3.05) is 26.2 Å². The number of non-ortho nitro benzene ring substituents is 1. The molecule has 1 amide bonds. The first-order chi connectivity index (χ1) is 12.8. The Morgan fingerprint density at radius 1 is 1.25 bits per heavy atom. The summed E-state index contributed by atoms with van der Waals surface area (Å²) in [5.41, 5.74) is -0.539. The molecule has 2 atom stereocenters. The van der Waals surface area contributed by atoms with Crippen LogP contribution >= 0.6 is 12.4 Å². The van der Waals surface area contributed by atoms with E-state index in [2.05, 4.69) is 15.4 Å². The average Bonchev–Trinajstić information content (AvgIpc) is 3.10. The Bertz CT molecular complexity index is 817. The molecule has 1 heterocycles. The summed E-state index contributed by atoms with van der Waals surface area (Å²) in [6.45, 7) is 1.79. The highest BCUT2D eigenvalue weighted by Crippen LogP contribution is 2.43. The predicted octanol–water partition coefficient (Wildman–Crippen LogP) is 1.19. The van der Waals surface area contributed by atoms with E-state index in [0.29, 0.717) is 12.5 Å². The summed E-state index contributed by atoms with van der Waals surface area (Å²) in [5, 5.41) is 16.8. The molecule has 0 bridgehead atoms. The van der Waals surface area contributed by atoms with Crippen molar-refractivity contribution >= 4 is 34.0 Å². The van der Waals surface area contributed by atoms with Crippen molar-refractivity contribution < 1.29 is 18.1 Å². The van der Waals surface area contributed by atoms with Crippen molar-refractivity contribution in [3.63, 3.8) is 0 Å². The van der Waals surface area contributed by atoms with Crippen LogP contribution in [0, 0.1) is 21.4 Å². The van der Waals surface area contributed by atoms with Gasteiger partial charge < -0.3 is 10.6 Å². The Morgan fingerprint density at radius 3 is 2.64 bits per heavy atom. The van der Waals surface area contributed by atoms with Crippen molar-refractivity contribution in [1.29, 1.82) is 0 Å². The lowest BCUT2D eigenvalue weighted by Crippen LogP contribution is -2.49. The van der Waals surface area contributed by atoms with E-state index < -0.39 is 14.9 Å². The number of sulfonamides is 1. The number of benzene rings is 1. The summed E-state index contributed by atoms with van der Waals surface area (Å²) < 4.78 is 26.9. The van der Waals surface area contributed by atoms with Gasteiger partial charge in [0.1, 0.15) is 0 Å². The van der Waals surface area contributed by atoms with Crippen LogP contribution in [0.2, 0.25) is 0 Å². The second-order valence-corrected chi connectivity index (χ2v) is 8.90. The zero-order chi connectivity index (χ0) is 19.5. The molecule has 0 spiro atoms. The van der Waals surface area contributed by atoms with E-state index in [1.54, 1.807) is 0 Å². The minimum absolute atomic E-state index is 0. The molecule has 1 saturated carbocycles. The van der Waals surface area contributed by atoms with Crippen LogP contribution in [-0.4, -0.2) is 45.4 Å². The molecule has 0 radical (unpaired) electrons. The van der Waals surface area contributed by atoms with Gasteiger partial charge in [0.05, 0.1) is 15.2 Å². The predicted molar refractivity (Wildman–Crippen MR) is 106 cm³/mol. The summed E-state index contributed by atoms with van der Waals surface area (Å²) in [6, 6.07) is 4.67. The lowest BCUT2D eigenvalue weighted by molar-refractivity contribution is -0.384. The van der Waals surface area contributed by atoms with Crippen molar-refractivity contribution in [2.24, 2.45) is 11.3 Å². The Balaban J connectivity index is 0.00000280. The van der Waals surface area contributed by atoms with Gasteiger partial charge in [0.2, 0.25) is 15.9 Å². The third kappa shape index (κ3) is 4.62. The molecule has 1 aromatic rings. The van der Waals surface area contributed by atoms with Crippen LogP contribution in [0.25, 0.3) is 0 Å². The van der Waals surface area contributed by atoms with Crippen molar-refractivity contribution in [3.05, 3.63) is 34.4 Å². The number of carbonyl (C=O) groups excluding carboxylic acids is 1. The number of nitrogens with one attached hydrogen (secondary N) is 3. The van der Waals surface area contributed by atoms with E-state index in [4.69, 9.17) is 0 Å². The van der Waals surface area contributed by atoms with E-state index in [1.807, 2.05) is 0 Å². The van der Waals surface area contributed by atoms with Crippen molar-refractivity contribution in [1.82, 2.24) is 15.4 Å². The van der Waals surface area contributed by atoms with E-state index in [0.717, 1.165) is 44.4 Å². The maximum absolute atomic E-state index is 12.7. The zero-order valence-corrected chi connectivity index (χ0v) is 17.0. The molecule has 1 saturated heterocycles. The zero-order valence-electron chi connectivity index (χ0n) is 15.3. The molecule has 11 heteroatoms. The molecule has 3 N–H and O–H groups in total. The van der Waals surface area contributed by atoms with Gasteiger partial charge in [-0.3, -0.25) is 14.9 Å². The van der Waals surface area contributed by atoms with Crippen LogP contribution in [-0.2, 0) is 14.8 Å². The first-order valence-electron chi connectivity index (χ1n) is 9.08. The molecule has 0 unspecified atom stereocenters. The first-order valence-corrected chi connectivity index (χ1v) is 10.6. The Morgan fingerprint density at radius 2 is 1.96 bits per heavy atom. The van der Waals surface area contributed by atoms with E-state index in [1.165, 1.54) is 12.1 Å². The smallest absolute Gasteiger partial charge is 0.269 e. The van der Waals surface area contributed by atoms with Gasteiger partial charge in [-0.05, 0) is 37.4 Å². The molecule has 1 aromatic carbocycles. The number of hydrogen-bond acceptors (Lipinski definition) is 6. The molecule has 0 aromatic heterocycles. The summed E-state index contributed by atoms with van der Waals surface area (Å²) in [7, 11) is -3.78. The SMILES string of the molecule is Cl.O=C(NCCNS(=O)(=O)c1ccc([N+](=O)[O-])cc1)[C@@]12CCCC[C@H]1CNC2. The minimum atomic E-state index is -3.78. The summed E-state index contributed by atoms with van der Waals surface area (Å²) in [4.78, 5) is 22.7. The highest BCUT2D eigenvalue weighted by Gasteiger charge is 2.49.